The lowest BCUT2D eigenvalue weighted by Gasteiger charge is -2.08. The van der Waals surface area contributed by atoms with Crippen molar-refractivity contribution < 1.29 is 0 Å². The molecule has 0 saturated heterocycles. The van der Waals surface area contributed by atoms with Gasteiger partial charge in [-0.25, -0.2) is 9.97 Å². The van der Waals surface area contributed by atoms with Crippen LogP contribution >= 0.6 is 11.6 Å². The quantitative estimate of drug-likeness (QED) is 0.731. The zero-order valence-corrected chi connectivity index (χ0v) is 11.5. The number of benzene rings is 1. The molecule has 0 spiro atoms. The average molecular weight is 285 g/mol. The number of pyridine rings is 1. The van der Waals surface area contributed by atoms with Crippen molar-refractivity contribution in [3.8, 4) is 11.4 Å². The first-order valence-corrected chi connectivity index (χ1v) is 7.00. The van der Waals surface area contributed by atoms with E-state index in [0.717, 1.165) is 22.6 Å². The summed E-state index contributed by atoms with van der Waals surface area (Å²) >= 11 is 6.00. The topological polar surface area (TPSA) is 56.7 Å². The molecule has 2 aromatic heterocycles. The molecular weight excluding hydrogens is 272 g/mol. The average Bonchev–Trinajstić information content (AvgIpc) is 3.22. The molecule has 1 aliphatic carbocycles. The maximum atomic E-state index is 6.00. The molecule has 1 saturated carbocycles. The minimum Gasteiger partial charge on any atom is -0.398 e. The van der Waals surface area contributed by atoms with E-state index in [1.165, 1.54) is 12.8 Å². The highest BCUT2D eigenvalue weighted by Crippen LogP contribution is 2.41. The summed E-state index contributed by atoms with van der Waals surface area (Å²) in [7, 11) is 0. The minimum absolute atomic E-state index is 0.502. The summed E-state index contributed by atoms with van der Waals surface area (Å²) in [5.74, 6) is 0.921. The molecule has 0 radical (unpaired) electrons. The van der Waals surface area contributed by atoms with Gasteiger partial charge >= 0.3 is 0 Å². The molecule has 1 aromatic carbocycles. The van der Waals surface area contributed by atoms with E-state index in [2.05, 4.69) is 9.55 Å². The Balaban J connectivity index is 1.98. The largest absolute Gasteiger partial charge is 0.398 e. The van der Waals surface area contributed by atoms with Crippen LogP contribution in [0.15, 0.2) is 36.5 Å². The molecule has 0 unspecified atom stereocenters. The lowest BCUT2D eigenvalue weighted by atomic mass is 10.2. The Morgan fingerprint density at radius 1 is 1.25 bits per heavy atom. The summed E-state index contributed by atoms with van der Waals surface area (Å²) in [6.07, 6.45) is 4.17. The van der Waals surface area contributed by atoms with E-state index in [4.69, 9.17) is 22.3 Å². The van der Waals surface area contributed by atoms with Crippen LogP contribution in [-0.2, 0) is 0 Å². The predicted octanol–water partition coefficient (Wildman–Crippen LogP) is 3.67. The van der Waals surface area contributed by atoms with Gasteiger partial charge in [0, 0.05) is 17.8 Å². The van der Waals surface area contributed by atoms with E-state index in [1.54, 1.807) is 0 Å². The first-order chi connectivity index (χ1) is 9.74. The molecule has 5 heteroatoms. The van der Waals surface area contributed by atoms with Crippen molar-refractivity contribution >= 4 is 28.5 Å². The van der Waals surface area contributed by atoms with Gasteiger partial charge in [0.2, 0.25) is 0 Å². The number of nitrogen functional groups attached to an aromatic ring is 1. The third-order valence-corrected chi connectivity index (χ3v) is 3.96. The SMILES string of the molecule is Nc1cc(-c2nc3cccnc3n2C2CC2)ccc1Cl. The maximum absolute atomic E-state index is 6.00. The van der Waals surface area contributed by atoms with Crippen LogP contribution < -0.4 is 5.73 Å². The molecule has 0 bridgehead atoms. The van der Waals surface area contributed by atoms with Crippen molar-refractivity contribution in [2.45, 2.75) is 18.9 Å². The van der Waals surface area contributed by atoms with Crippen LogP contribution in [0.3, 0.4) is 0 Å². The van der Waals surface area contributed by atoms with Gasteiger partial charge in [-0.15, -0.1) is 0 Å². The minimum atomic E-state index is 0.502. The highest BCUT2D eigenvalue weighted by molar-refractivity contribution is 6.33. The van der Waals surface area contributed by atoms with Gasteiger partial charge in [0.15, 0.2) is 5.65 Å². The number of hydrogen-bond acceptors (Lipinski definition) is 3. The third kappa shape index (κ3) is 1.76. The van der Waals surface area contributed by atoms with Crippen LogP contribution in [0, 0.1) is 0 Å². The molecule has 0 amide bonds. The number of imidazole rings is 1. The van der Waals surface area contributed by atoms with E-state index in [9.17, 15) is 0 Å². The van der Waals surface area contributed by atoms with Crippen LogP contribution in [0.2, 0.25) is 5.02 Å². The number of hydrogen-bond donors (Lipinski definition) is 1. The van der Waals surface area contributed by atoms with E-state index in [1.807, 2.05) is 36.5 Å². The standard InChI is InChI=1S/C15H13ClN4/c16-11-6-3-9(8-12(11)17)14-19-13-2-1-7-18-15(13)20(14)10-4-5-10/h1-3,6-8,10H,4-5,17H2. The van der Waals surface area contributed by atoms with Crippen LogP contribution in [0.1, 0.15) is 18.9 Å². The molecule has 2 N–H and O–H groups in total. The molecule has 3 aromatic rings. The van der Waals surface area contributed by atoms with Crippen molar-refractivity contribution in [1.29, 1.82) is 0 Å². The second-order valence-corrected chi connectivity index (χ2v) is 5.53. The lowest BCUT2D eigenvalue weighted by molar-refractivity contribution is 0.766. The summed E-state index contributed by atoms with van der Waals surface area (Å²) in [6, 6.07) is 10.1. The summed E-state index contributed by atoms with van der Waals surface area (Å²) in [5.41, 5.74) is 9.33. The Morgan fingerprint density at radius 2 is 2.10 bits per heavy atom. The smallest absolute Gasteiger partial charge is 0.160 e. The highest BCUT2D eigenvalue weighted by Gasteiger charge is 2.29. The lowest BCUT2D eigenvalue weighted by Crippen LogP contribution is -1.99. The van der Waals surface area contributed by atoms with Crippen LogP contribution in [0.25, 0.3) is 22.6 Å². The van der Waals surface area contributed by atoms with Crippen molar-refractivity contribution in [2.75, 3.05) is 5.73 Å². The normalized spacial score (nSPS) is 14.8. The fourth-order valence-electron chi connectivity index (χ4n) is 2.49. The highest BCUT2D eigenvalue weighted by atomic mass is 35.5. The number of nitrogens with zero attached hydrogens (tertiary/aromatic N) is 3. The van der Waals surface area contributed by atoms with Gasteiger partial charge in [-0.1, -0.05) is 11.6 Å². The first kappa shape index (κ1) is 11.7. The Morgan fingerprint density at radius 3 is 2.85 bits per heavy atom. The summed E-state index contributed by atoms with van der Waals surface area (Å²) in [5, 5.41) is 0.570. The molecule has 100 valence electrons. The Labute approximate surface area is 121 Å². The van der Waals surface area contributed by atoms with Gasteiger partial charge in [-0.2, -0.15) is 0 Å². The fraction of sp³-hybridized carbons (Fsp3) is 0.200. The first-order valence-electron chi connectivity index (χ1n) is 6.62. The molecule has 2 heterocycles. The van der Waals surface area contributed by atoms with Crippen LogP contribution in [0.4, 0.5) is 5.69 Å². The second kappa shape index (κ2) is 4.21. The third-order valence-electron chi connectivity index (χ3n) is 3.62. The van der Waals surface area contributed by atoms with Gasteiger partial charge in [-0.05, 0) is 43.2 Å². The van der Waals surface area contributed by atoms with Gasteiger partial charge in [0.1, 0.15) is 11.3 Å². The molecule has 20 heavy (non-hydrogen) atoms. The molecule has 0 atom stereocenters. The monoisotopic (exact) mass is 284 g/mol. The number of aromatic nitrogens is 3. The van der Waals surface area contributed by atoms with E-state index >= 15 is 0 Å². The maximum Gasteiger partial charge on any atom is 0.160 e. The molecule has 4 nitrogen and oxygen atoms in total. The zero-order valence-electron chi connectivity index (χ0n) is 10.8. The van der Waals surface area contributed by atoms with E-state index in [-0.39, 0.29) is 0 Å². The molecular formula is C15H13ClN4. The van der Waals surface area contributed by atoms with Crippen molar-refractivity contribution in [2.24, 2.45) is 0 Å². The number of fused-ring (bicyclic) bond motifs is 1. The predicted molar refractivity (Wildman–Crippen MR) is 80.7 cm³/mol. The summed E-state index contributed by atoms with van der Waals surface area (Å²) in [4.78, 5) is 9.19. The Kier molecular flexibility index (Phi) is 2.47. The van der Waals surface area contributed by atoms with E-state index < -0.39 is 0 Å². The number of nitrogens with two attached hydrogens (primary N) is 1. The van der Waals surface area contributed by atoms with Crippen molar-refractivity contribution in [3.05, 3.63) is 41.6 Å². The van der Waals surface area contributed by atoms with Gasteiger partial charge in [0.25, 0.3) is 0 Å². The van der Waals surface area contributed by atoms with Gasteiger partial charge < -0.3 is 10.3 Å². The van der Waals surface area contributed by atoms with Crippen LogP contribution in [0.5, 0.6) is 0 Å². The second-order valence-electron chi connectivity index (χ2n) is 5.12. The summed E-state index contributed by atoms with van der Waals surface area (Å²) in [6.45, 7) is 0. The molecule has 0 aliphatic heterocycles. The Bertz CT molecular complexity index is 805. The molecule has 4 rings (SSSR count). The van der Waals surface area contributed by atoms with Crippen molar-refractivity contribution in [1.82, 2.24) is 14.5 Å². The summed E-state index contributed by atoms with van der Waals surface area (Å²) < 4.78 is 2.22. The number of halogens is 1. The number of rotatable bonds is 2. The van der Waals surface area contributed by atoms with Gasteiger partial charge in [-0.3, -0.25) is 0 Å². The van der Waals surface area contributed by atoms with E-state index in [0.29, 0.717) is 16.8 Å². The zero-order chi connectivity index (χ0) is 13.7. The number of anilines is 1. The van der Waals surface area contributed by atoms with Gasteiger partial charge in [0.05, 0.1) is 10.7 Å². The van der Waals surface area contributed by atoms with Crippen molar-refractivity contribution in [3.63, 3.8) is 0 Å². The molecule has 1 aliphatic rings. The fourth-order valence-corrected chi connectivity index (χ4v) is 2.61. The Hall–Kier alpha value is -2.07. The van der Waals surface area contributed by atoms with Crippen LogP contribution in [-0.4, -0.2) is 14.5 Å². The molecule has 1 fully saturated rings.